The van der Waals surface area contributed by atoms with Crippen LogP contribution in [-0.4, -0.2) is 18.3 Å². The van der Waals surface area contributed by atoms with Crippen molar-refractivity contribution >= 4 is 15.9 Å². The zero-order valence-electron chi connectivity index (χ0n) is 9.34. The quantitative estimate of drug-likeness (QED) is 0.875. The highest BCUT2D eigenvalue weighted by Gasteiger charge is 2.27. The first kappa shape index (κ1) is 13.6. The summed E-state index contributed by atoms with van der Waals surface area (Å²) in [6.45, 7) is 2.39. The molecule has 0 heterocycles. The van der Waals surface area contributed by atoms with Gasteiger partial charge in [0.25, 0.3) is 0 Å². The Kier molecular flexibility index (Phi) is 4.89. The number of hydrogen-bond acceptors (Lipinski definition) is 2. The fraction of sp³-hybridized carbons (Fsp3) is 0.500. The van der Waals surface area contributed by atoms with Crippen LogP contribution in [0.4, 0.5) is 4.39 Å². The van der Waals surface area contributed by atoms with Gasteiger partial charge in [-0.05, 0) is 40.4 Å². The lowest BCUT2D eigenvalue weighted by atomic mass is 9.80. The van der Waals surface area contributed by atoms with Gasteiger partial charge in [-0.15, -0.1) is 0 Å². The molecule has 1 unspecified atom stereocenters. The Morgan fingerprint density at radius 2 is 2.19 bits per heavy atom. The number of benzene rings is 1. The Morgan fingerprint density at radius 3 is 2.69 bits per heavy atom. The molecule has 4 heteroatoms. The van der Waals surface area contributed by atoms with Gasteiger partial charge in [-0.2, -0.15) is 0 Å². The Hall–Kier alpha value is -0.450. The fourth-order valence-corrected chi connectivity index (χ4v) is 2.07. The maximum atomic E-state index is 13.3. The summed E-state index contributed by atoms with van der Waals surface area (Å²) in [5.41, 5.74) is 6.19. The smallest absolute Gasteiger partial charge is 0.137 e. The van der Waals surface area contributed by atoms with Crippen molar-refractivity contribution in [2.75, 3.05) is 13.2 Å². The van der Waals surface area contributed by atoms with E-state index >= 15 is 0 Å². The fourth-order valence-electron chi connectivity index (χ4n) is 1.66. The third kappa shape index (κ3) is 2.81. The van der Waals surface area contributed by atoms with E-state index in [1.54, 1.807) is 6.07 Å². The lowest BCUT2D eigenvalue weighted by Gasteiger charge is -2.29. The Labute approximate surface area is 104 Å². The average molecular weight is 290 g/mol. The van der Waals surface area contributed by atoms with Gasteiger partial charge in [0.1, 0.15) is 5.82 Å². The van der Waals surface area contributed by atoms with Gasteiger partial charge in [-0.25, -0.2) is 4.39 Å². The molecule has 1 aromatic rings. The van der Waals surface area contributed by atoms with Crippen LogP contribution >= 0.6 is 15.9 Å². The van der Waals surface area contributed by atoms with E-state index in [2.05, 4.69) is 15.9 Å². The monoisotopic (exact) mass is 289 g/mol. The molecule has 0 spiro atoms. The highest BCUT2D eigenvalue weighted by Crippen LogP contribution is 2.30. The van der Waals surface area contributed by atoms with Gasteiger partial charge in [0.05, 0.1) is 11.1 Å². The van der Waals surface area contributed by atoms with Gasteiger partial charge >= 0.3 is 0 Å². The van der Waals surface area contributed by atoms with Gasteiger partial charge in [0.15, 0.2) is 0 Å². The molecule has 0 saturated carbocycles. The molecule has 0 aliphatic heterocycles. The minimum atomic E-state index is -0.351. The van der Waals surface area contributed by atoms with Crippen LogP contribution in [0.1, 0.15) is 18.9 Å². The molecule has 0 aliphatic carbocycles. The van der Waals surface area contributed by atoms with Crippen molar-refractivity contribution in [1.82, 2.24) is 0 Å². The molecule has 0 bridgehead atoms. The summed E-state index contributed by atoms with van der Waals surface area (Å²) in [5, 5.41) is 9.41. The Bertz CT molecular complexity index is 345. The molecule has 16 heavy (non-hydrogen) atoms. The first-order chi connectivity index (χ1) is 7.58. The summed E-state index contributed by atoms with van der Waals surface area (Å²) >= 11 is 3.22. The van der Waals surface area contributed by atoms with Crippen molar-refractivity contribution in [2.45, 2.75) is 19.8 Å². The lowest BCUT2D eigenvalue weighted by molar-refractivity contribution is 0.127. The van der Waals surface area contributed by atoms with Crippen molar-refractivity contribution in [3.63, 3.8) is 0 Å². The molecule has 1 atom stereocenters. The molecular formula is C12H17BrFNO. The largest absolute Gasteiger partial charge is 0.396 e. The van der Waals surface area contributed by atoms with E-state index in [0.717, 1.165) is 12.0 Å². The zero-order valence-corrected chi connectivity index (χ0v) is 10.9. The summed E-state index contributed by atoms with van der Waals surface area (Å²) in [5.74, 6) is -0.280. The molecule has 0 aromatic heterocycles. The molecule has 0 amide bonds. The Morgan fingerprint density at radius 1 is 1.50 bits per heavy atom. The molecule has 0 radical (unpaired) electrons. The maximum absolute atomic E-state index is 13.3. The molecule has 2 nitrogen and oxygen atoms in total. The van der Waals surface area contributed by atoms with Crippen LogP contribution < -0.4 is 5.73 Å². The lowest BCUT2D eigenvalue weighted by Crippen LogP contribution is -2.36. The predicted molar refractivity (Wildman–Crippen MR) is 66.7 cm³/mol. The standard InChI is InChI=1S/C12H17BrFNO/c1-2-12(7-15,8-16)6-9-4-3-5-10(14)11(9)13/h3-5,16H,2,6-8,15H2,1H3. The summed E-state index contributed by atoms with van der Waals surface area (Å²) < 4.78 is 13.8. The van der Waals surface area contributed by atoms with Gasteiger partial charge in [0.2, 0.25) is 0 Å². The first-order valence-electron chi connectivity index (χ1n) is 5.32. The van der Waals surface area contributed by atoms with Crippen LogP contribution in [0.2, 0.25) is 0 Å². The van der Waals surface area contributed by atoms with Crippen molar-refractivity contribution < 1.29 is 9.50 Å². The topological polar surface area (TPSA) is 46.2 Å². The first-order valence-corrected chi connectivity index (χ1v) is 6.11. The number of rotatable bonds is 5. The SMILES string of the molecule is CCC(CN)(CO)Cc1cccc(F)c1Br. The van der Waals surface area contributed by atoms with Crippen LogP contribution in [-0.2, 0) is 6.42 Å². The molecule has 3 N–H and O–H groups in total. The van der Waals surface area contributed by atoms with Crippen molar-refractivity contribution in [2.24, 2.45) is 11.1 Å². The summed E-state index contributed by atoms with van der Waals surface area (Å²) in [6.07, 6.45) is 1.35. The van der Waals surface area contributed by atoms with E-state index in [4.69, 9.17) is 5.73 Å². The summed E-state index contributed by atoms with van der Waals surface area (Å²) in [6, 6.07) is 4.93. The molecule has 0 saturated heterocycles. The average Bonchev–Trinajstić information content (AvgIpc) is 2.32. The molecule has 1 aromatic carbocycles. The summed E-state index contributed by atoms with van der Waals surface area (Å²) in [7, 11) is 0. The highest BCUT2D eigenvalue weighted by molar-refractivity contribution is 9.10. The van der Waals surface area contributed by atoms with Crippen molar-refractivity contribution in [3.05, 3.63) is 34.1 Å². The van der Waals surface area contributed by atoms with Crippen LogP contribution in [0.3, 0.4) is 0 Å². The van der Waals surface area contributed by atoms with E-state index in [-0.39, 0.29) is 17.8 Å². The number of halogens is 2. The minimum Gasteiger partial charge on any atom is -0.396 e. The maximum Gasteiger partial charge on any atom is 0.137 e. The number of hydrogen-bond donors (Lipinski definition) is 2. The van der Waals surface area contributed by atoms with Crippen molar-refractivity contribution in [1.29, 1.82) is 0 Å². The number of aliphatic hydroxyl groups excluding tert-OH is 1. The van der Waals surface area contributed by atoms with Crippen LogP contribution in [0.15, 0.2) is 22.7 Å². The van der Waals surface area contributed by atoms with E-state index < -0.39 is 0 Å². The van der Waals surface area contributed by atoms with Gasteiger partial charge in [-0.3, -0.25) is 0 Å². The normalized spacial score (nSPS) is 14.8. The minimum absolute atomic E-state index is 0.0168. The second-order valence-electron chi connectivity index (χ2n) is 4.11. The van der Waals surface area contributed by atoms with E-state index in [0.29, 0.717) is 17.4 Å². The molecule has 0 aliphatic rings. The van der Waals surface area contributed by atoms with Gasteiger partial charge < -0.3 is 10.8 Å². The third-order valence-electron chi connectivity index (χ3n) is 3.12. The highest BCUT2D eigenvalue weighted by atomic mass is 79.9. The van der Waals surface area contributed by atoms with Crippen molar-refractivity contribution in [3.8, 4) is 0 Å². The number of aliphatic hydroxyl groups is 1. The Balaban J connectivity index is 2.98. The summed E-state index contributed by atoms with van der Waals surface area (Å²) in [4.78, 5) is 0. The predicted octanol–water partition coefficient (Wildman–Crippen LogP) is 2.48. The number of nitrogens with two attached hydrogens (primary N) is 1. The molecule has 0 fully saturated rings. The van der Waals surface area contributed by atoms with Crippen LogP contribution in [0, 0.1) is 11.2 Å². The van der Waals surface area contributed by atoms with Crippen LogP contribution in [0.25, 0.3) is 0 Å². The molecule has 90 valence electrons. The van der Waals surface area contributed by atoms with Gasteiger partial charge in [-0.1, -0.05) is 19.1 Å². The van der Waals surface area contributed by atoms with Crippen LogP contribution in [0.5, 0.6) is 0 Å². The second kappa shape index (κ2) is 5.75. The van der Waals surface area contributed by atoms with E-state index in [1.807, 2.05) is 13.0 Å². The third-order valence-corrected chi connectivity index (χ3v) is 4.00. The zero-order chi connectivity index (χ0) is 12.2. The van der Waals surface area contributed by atoms with Gasteiger partial charge in [0, 0.05) is 12.0 Å². The molecular weight excluding hydrogens is 273 g/mol. The van der Waals surface area contributed by atoms with E-state index in [9.17, 15) is 9.50 Å². The second-order valence-corrected chi connectivity index (χ2v) is 4.90. The molecule has 1 rings (SSSR count). The van der Waals surface area contributed by atoms with E-state index in [1.165, 1.54) is 6.07 Å².